The molecule has 4 aliphatic rings. The number of benzene rings is 2. The summed E-state index contributed by atoms with van der Waals surface area (Å²) in [6.45, 7) is 3.62. The number of rotatable bonds is 5. The van der Waals surface area contributed by atoms with Crippen molar-refractivity contribution in [2.75, 3.05) is 43.4 Å². The van der Waals surface area contributed by atoms with E-state index in [4.69, 9.17) is 10.5 Å². The number of hydrogen-bond acceptors (Lipinski definition) is 9. The Morgan fingerprint density at radius 1 is 1.05 bits per heavy atom. The zero-order valence-electron chi connectivity index (χ0n) is 23.7. The van der Waals surface area contributed by atoms with Gasteiger partial charge in [-0.3, -0.25) is 4.90 Å². The maximum atomic E-state index is 16.8. The predicted octanol–water partition coefficient (Wildman–Crippen LogP) is 5.73. The maximum absolute atomic E-state index is 16.8. The Hall–Kier alpha value is -3.36. The van der Waals surface area contributed by atoms with Crippen molar-refractivity contribution < 1.29 is 26.7 Å². The summed E-state index contributed by atoms with van der Waals surface area (Å²) >= 11 is 0.792. The first-order valence-corrected chi connectivity index (χ1v) is 15.8. The number of fused-ring (bicyclic) bond motifs is 4. The number of ether oxygens (including phenoxy) is 1. The number of aromatic nitrogens is 3. The zero-order chi connectivity index (χ0) is 30.4. The van der Waals surface area contributed by atoms with Crippen molar-refractivity contribution in [3.05, 3.63) is 35.4 Å². The lowest BCUT2D eigenvalue weighted by molar-refractivity contribution is -0.137. The van der Waals surface area contributed by atoms with Crippen LogP contribution in [-0.2, 0) is 6.18 Å². The molecule has 2 atom stereocenters. The monoisotopic (exact) mass is 631 g/mol. The van der Waals surface area contributed by atoms with Crippen molar-refractivity contribution >= 4 is 43.4 Å². The van der Waals surface area contributed by atoms with E-state index in [1.54, 1.807) is 0 Å². The lowest BCUT2D eigenvalue weighted by atomic mass is 9.95. The topological polar surface area (TPSA) is 92.4 Å². The largest absolute Gasteiger partial charge is 0.461 e. The van der Waals surface area contributed by atoms with Crippen LogP contribution in [0.4, 0.5) is 32.9 Å². The predicted molar refractivity (Wildman–Crippen MR) is 158 cm³/mol. The summed E-state index contributed by atoms with van der Waals surface area (Å²) < 4.78 is 81.9. The zero-order valence-corrected chi connectivity index (χ0v) is 24.5. The average Bonchev–Trinajstić information content (AvgIpc) is 3.78. The lowest BCUT2D eigenvalue weighted by Crippen LogP contribution is -2.43. The van der Waals surface area contributed by atoms with E-state index in [-0.39, 0.29) is 61.3 Å². The van der Waals surface area contributed by atoms with E-state index in [2.05, 4.69) is 25.2 Å². The molecule has 232 valence electrons. The standard InChI is InChI=1S/C30H30F5N7OS/c31-18-4-3-15(24-25(18)44-27(36)38-24)21-17(30(33,34)35)13-16-23(22(21)32)39-28(43-14-29-7-1-10-41(29)11-2-8-29)40-26(16)42-12-6-19-20(42)5-9-37-19/h3-4,13,19-20,37H,1-2,5-12,14H2,(H2,36,38)/t19-,20-/m0/s1. The van der Waals surface area contributed by atoms with Crippen molar-refractivity contribution in [1.29, 1.82) is 0 Å². The maximum Gasteiger partial charge on any atom is 0.417 e. The van der Waals surface area contributed by atoms with Crippen LogP contribution in [-0.4, -0.2) is 70.3 Å². The quantitative estimate of drug-likeness (QED) is 0.270. The fourth-order valence-corrected chi connectivity index (χ4v) is 8.71. The molecule has 0 amide bonds. The third-order valence-corrected chi connectivity index (χ3v) is 10.8. The number of anilines is 2. The first kappa shape index (κ1) is 28.1. The SMILES string of the molecule is Nc1nc2c(-c3c(C(F)(F)F)cc4c(N5CC[C@@H]6NCC[C@@H]65)nc(OCC56CCCN5CCC6)nc4c3F)ccc(F)c2s1. The fraction of sp³-hybridized carbons (Fsp3) is 0.500. The van der Waals surface area contributed by atoms with Crippen LogP contribution in [0.15, 0.2) is 18.2 Å². The summed E-state index contributed by atoms with van der Waals surface area (Å²) in [5.41, 5.74) is 3.07. The van der Waals surface area contributed by atoms with Gasteiger partial charge in [0, 0.05) is 35.1 Å². The van der Waals surface area contributed by atoms with Crippen molar-refractivity contribution in [2.45, 2.75) is 62.3 Å². The van der Waals surface area contributed by atoms with Gasteiger partial charge in [-0.25, -0.2) is 13.8 Å². The Labute approximate surface area is 253 Å². The molecular weight excluding hydrogens is 601 g/mol. The molecule has 3 N–H and O–H groups in total. The number of nitrogen functional groups attached to an aromatic ring is 1. The fourth-order valence-electron chi connectivity index (χ4n) is 7.94. The number of halogens is 5. The van der Waals surface area contributed by atoms with Crippen LogP contribution in [0.3, 0.4) is 0 Å². The molecule has 4 aromatic rings. The van der Waals surface area contributed by atoms with E-state index in [0.717, 1.165) is 87.7 Å². The number of alkyl halides is 3. The summed E-state index contributed by atoms with van der Waals surface area (Å²) in [5, 5.41) is 3.36. The minimum absolute atomic E-state index is 0.00600. The van der Waals surface area contributed by atoms with Gasteiger partial charge >= 0.3 is 12.2 Å². The molecule has 8 nitrogen and oxygen atoms in total. The van der Waals surface area contributed by atoms with Gasteiger partial charge in [0.15, 0.2) is 10.9 Å². The van der Waals surface area contributed by atoms with Crippen molar-refractivity contribution in [2.24, 2.45) is 0 Å². The van der Waals surface area contributed by atoms with E-state index in [1.165, 1.54) is 0 Å². The van der Waals surface area contributed by atoms with Gasteiger partial charge in [0.2, 0.25) is 0 Å². The molecule has 4 aliphatic heterocycles. The number of nitrogens with two attached hydrogens (primary N) is 1. The van der Waals surface area contributed by atoms with Gasteiger partial charge < -0.3 is 20.7 Å². The Balaban J connectivity index is 1.34. The Morgan fingerprint density at radius 3 is 2.61 bits per heavy atom. The number of nitrogens with zero attached hydrogens (tertiary/aromatic N) is 5. The molecule has 8 rings (SSSR count). The van der Waals surface area contributed by atoms with E-state index in [9.17, 15) is 17.6 Å². The lowest BCUT2D eigenvalue weighted by Gasteiger charge is -2.31. The molecule has 6 heterocycles. The third-order valence-electron chi connectivity index (χ3n) is 9.92. The molecule has 2 aromatic heterocycles. The third kappa shape index (κ3) is 4.31. The molecule has 0 unspecified atom stereocenters. The summed E-state index contributed by atoms with van der Waals surface area (Å²) in [4.78, 5) is 17.6. The molecular formula is C30H30F5N7OS. The molecule has 4 fully saturated rings. The molecule has 0 aliphatic carbocycles. The second kappa shape index (κ2) is 10.1. The van der Waals surface area contributed by atoms with Crippen LogP contribution in [0, 0.1) is 11.6 Å². The first-order chi connectivity index (χ1) is 21.1. The van der Waals surface area contributed by atoms with E-state index < -0.39 is 28.9 Å². The number of hydrogen-bond donors (Lipinski definition) is 2. The molecule has 44 heavy (non-hydrogen) atoms. The smallest absolute Gasteiger partial charge is 0.417 e. The van der Waals surface area contributed by atoms with Crippen LogP contribution in [0.5, 0.6) is 6.01 Å². The molecule has 0 saturated carbocycles. The summed E-state index contributed by atoms with van der Waals surface area (Å²) in [7, 11) is 0. The summed E-state index contributed by atoms with van der Waals surface area (Å²) in [6.07, 6.45) is 0.686. The van der Waals surface area contributed by atoms with E-state index in [0.29, 0.717) is 13.2 Å². The second-order valence-corrected chi connectivity index (χ2v) is 13.3. The Bertz CT molecular complexity index is 1790. The molecule has 4 saturated heterocycles. The van der Waals surface area contributed by atoms with E-state index >= 15 is 4.39 Å². The number of nitrogens with one attached hydrogen (secondary N) is 1. The van der Waals surface area contributed by atoms with Crippen molar-refractivity contribution in [3.8, 4) is 17.1 Å². The Morgan fingerprint density at radius 2 is 1.84 bits per heavy atom. The Kier molecular flexibility index (Phi) is 6.44. The van der Waals surface area contributed by atoms with Gasteiger partial charge in [0.05, 0.1) is 21.3 Å². The first-order valence-electron chi connectivity index (χ1n) is 15.0. The van der Waals surface area contributed by atoms with Gasteiger partial charge in [0.25, 0.3) is 0 Å². The molecule has 14 heteroatoms. The van der Waals surface area contributed by atoms with Crippen LogP contribution in [0.1, 0.15) is 44.1 Å². The minimum Gasteiger partial charge on any atom is -0.461 e. The molecule has 0 radical (unpaired) electrons. The molecule has 0 bridgehead atoms. The highest BCUT2D eigenvalue weighted by molar-refractivity contribution is 7.22. The normalized spacial score (nSPS) is 23.2. The van der Waals surface area contributed by atoms with Gasteiger partial charge in [-0.05, 0) is 76.4 Å². The molecule has 2 aromatic carbocycles. The summed E-state index contributed by atoms with van der Waals surface area (Å²) in [5.74, 6) is -1.66. The van der Waals surface area contributed by atoms with Crippen LogP contribution < -0.4 is 20.7 Å². The van der Waals surface area contributed by atoms with Crippen LogP contribution >= 0.6 is 11.3 Å². The second-order valence-electron chi connectivity index (χ2n) is 12.3. The van der Waals surface area contributed by atoms with Gasteiger partial charge in [-0.15, -0.1) is 0 Å². The summed E-state index contributed by atoms with van der Waals surface area (Å²) in [6, 6.07) is 3.14. The number of thiazole rings is 1. The van der Waals surface area contributed by atoms with Crippen molar-refractivity contribution in [3.63, 3.8) is 0 Å². The van der Waals surface area contributed by atoms with Crippen LogP contribution in [0.2, 0.25) is 0 Å². The van der Waals surface area contributed by atoms with Gasteiger partial charge in [-0.1, -0.05) is 11.3 Å². The highest BCUT2D eigenvalue weighted by Crippen LogP contribution is 2.47. The van der Waals surface area contributed by atoms with Crippen molar-refractivity contribution in [1.82, 2.24) is 25.2 Å². The highest BCUT2D eigenvalue weighted by Gasteiger charge is 2.46. The van der Waals surface area contributed by atoms with E-state index in [1.807, 2.05) is 4.90 Å². The van der Waals surface area contributed by atoms with Gasteiger partial charge in [0.1, 0.15) is 23.8 Å². The minimum atomic E-state index is -4.95. The average molecular weight is 632 g/mol. The van der Waals surface area contributed by atoms with Gasteiger partial charge in [-0.2, -0.15) is 23.1 Å². The van der Waals surface area contributed by atoms with Crippen LogP contribution in [0.25, 0.3) is 32.2 Å². The molecule has 0 spiro atoms. The highest BCUT2D eigenvalue weighted by atomic mass is 32.1.